The van der Waals surface area contributed by atoms with Crippen LogP contribution in [0.5, 0.6) is 0 Å². The topological polar surface area (TPSA) is 25.2 Å². The van der Waals surface area contributed by atoms with Gasteiger partial charge in [-0.25, -0.2) is 0 Å². The van der Waals surface area contributed by atoms with E-state index >= 15 is 0 Å². The van der Waals surface area contributed by atoms with Crippen molar-refractivity contribution in [1.29, 1.82) is 0 Å². The number of aryl methyl sites for hydroxylation is 1. The molecule has 1 heterocycles. The van der Waals surface area contributed by atoms with E-state index in [1.165, 1.54) is 0 Å². The van der Waals surface area contributed by atoms with Gasteiger partial charge in [-0.1, -0.05) is 30.1 Å². The van der Waals surface area contributed by atoms with E-state index in [0.717, 1.165) is 42.2 Å². The number of nitrogens with one attached hydrogen (secondary N) is 1. The molecule has 20 heavy (non-hydrogen) atoms. The van der Waals surface area contributed by atoms with E-state index in [1.807, 2.05) is 30.3 Å². The van der Waals surface area contributed by atoms with Crippen LogP contribution in [0.2, 0.25) is 10.0 Å². The van der Waals surface area contributed by atoms with Crippen LogP contribution in [0.3, 0.4) is 0 Å². The molecule has 4 heteroatoms. The number of furan rings is 1. The van der Waals surface area contributed by atoms with Gasteiger partial charge in [-0.2, -0.15) is 0 Å². The Bertz CT molecular complexity index is 525. The van der Waals surface area contributed by atoms with Crippen molar-refractivity contribution in [3.63, 3.8) is 0 Å². The molecule has 0 aliphatic carbocycles. The highest BCUT2D eigenvalue weighted by Gasteiger charge is 2.15. The minimum Gasteiger partial charge on any atom is -0.469 e. The number of halogens is 2. The van der Waals surface area contributed by atoms with Gasteiger partial charge in [0.05, 0.1) is 6.26 Å². The molecule has 2 rings (SSSR count). The van der Waals surface area contributed by atoms with Gasteiger partial charge in [0, 0.05) is 22.5 Å². The Morgan fingerprint density at radius 3 is 2.80 bits per heavy atom. The Kier molecular flexibility index (Phi) is 5.96. The quantitative estimate of drug-likeness (QED) is 0.754. The van der Waals surface area contributed by atoms with Crippen molar-refractivity contribution in [2.24, 2.45) is 0 Å². The lowest BCUT2D eigenvalue weighted by atomic mass is 10.0. The SMILES string of the molecule is CCCNC(CCc1ccco1)c1cc(Cl)ccc1Cl. The van der Waals surface area contributed by atoms with Crippen LogP contribution in [-0.2, 0) is 6.42 Å². The molecule has 0 fully saturated rings. The van der Waals surface area contributed by atoms with Crippen molar-refractivity contribution in [2.45, 2.75) is 32.2 Å². The maximum atomic E-state index is 6.31. The Hall–Kier alpha value is -0.960. The Morgan fingerprint density at radius 2 is 2.10 bits per heavy atom. The van der Waals surface area contributed by atoms with Crippen LogP contribution in [0.25, 0.3) is 0 Å². The zero-order valence-corrected chi connectivity index (χ0v) is 13.0. The Labute approximate surface area is 130 Å². The molecule has 1 aromatic heterocycles. The summed E-state index contributed by atoms with van der Waals surface area (Å²) in [6.45, 7) is 3.10. The molecule has 0 amide bonds. The molecule has 0 aliphatic rings. The van der Waals surface area contributed by atoms with Gasteiger partial charge >= 0.3 is 0 Å². The van der Waals surface area contributed by atoms with Gasteiger partial charge in [0.2, 0.25) is 0 Å². The summed E-state index contributed by atoms with van der Waals surface area (Å²) in [5, 5.41) is 5.00. The van der Waals surface area contributed by atoms with E-state index in [-0.39, 0.29) is 6.04 Å². The van der Waals surface area contributed by atoms with Crippen molar-refractivity contribution >= 4 is 23.2 Å². The molecule has 0 aliphatic heterocycles. The van der Waals surface area contributed by atoms with Crippen LogP contribution in [-0.4, -0.2) is 6.54 Å². The van der Waals surface area contributed by atoms with Crippen LogP contribution >= 0.6 is 23.2 Å². The largest absolute Gasteiger partial charge is 0.469 e. The van der Waals surface area contributed by atoms with Crippen LogP contribution in [0.4, 0.5) is 0 Å². The van der Waals surface area contributed by atoms with E-state index in [1.54, 1.807) is 6.26 Å². The monoisotopic (exact) mass is 311 g/mol. The fraction of sp³-hybridized carbons (Fsp3) is 0.375. The zero-order chi connectivity index (χ0) is 14.4. The predicted molar refractivity (Wildman–Crippen MR) is 84.5 cm³/mol. The van der Waals surface area contributed by atoms with E-state index in [0.29, 0.717) is 5.02 Å². The molecular formula is C16H19Cl2NO. The van der Waals surface area contributed by atoms with Gasteiger partial charge in [0.1, 0.15) is 5.76 Å². The van der Waals surface area contributed by atoms with Gasteiger partial charge in [-0.05, 0) is 55.3 Å². The second-order valence-corrected chi connectivity index (χ2v) is 5.63. The Balaban J connectivity index is 2.11. The summed E-state index contributed by atoms with van der Waals surface area (Å²) >= 11 is 12.4. The molecule has 1 atom stereocenters. The maximum absolute atomic E-state index is 6.31. The Morgan fingerprint density at radius 1 is 1.25 bits per heavy atom. The highest BCUT2D eigenvalue weighted by atomic mass is 35.5. The van der Waals surface area contributed by atoms with Crippen LogP contribution in [0.15, 0.2) is 41.0 Å². The van der Waals surface area contributed by atoms with E-state index in [4.69, 9.17) is 27.6 Å². The molecule has 0 spiro atoms. The van der Waals surface area contributed by atoms with E-state index in [2.05, 4.69) is 12.2 Å². The lowest BCUT2D eigenvalue weighted by Gasteiger charge is -2.20. The molecule has 0 bridgehead atoms. The summed E-state index contributed by atoms with van der Waals surface area (Å²) < 4.78 is 5.39. The first-order chi connectivity index (χ1) is 9.70. The molecule has 1 unspecified atom stereocenters. The number of benzene rings is 1. The van der Waals surface area contributed by atoms with Gasteiger partial charge in [-0.3, -0.25) is 0 Å². The van der Waals surface area contributed by atoms with Crippen LogP contribution in [0.1, 0.15) is 37.1 Å². The summed E-state index contributed by atoms with van der Waals surface area (Å²) in [7, 11) is 0. The summed E-state index contributed by atoms with van der Waals surface area (Å²) in [6, 6.07) is 9.71. The molecule has 1 N–H and O–H groups in total. The average molecular weight is 312 g/mol. The lowest BCUT2D eigenvalue weighted by molar-refractivity contribution is 0.452. The fourth-order valence-corrected chi connectivity index (χ4v) is 2.64. The first kappa shape index (κ1) is 15.4. The van der Waals surface area contributed by atoms with Crippen molar-refractivity contribution in [3.8, 4) is 0 Å². The summed E-state index contributed by atoms with van der Waals surface area (Å²) in [4.78, 5) is 0. The van der Waals surface area contributed by atoms with Gasteiger partial charge in [-0.15, -0.1) is 0 Å². The molecule has 2 nitrogen and oxygen atoms in total. The van der Waals surface area contributed by atoms with E-state index < -0.39 is 0 Å². The maximum Gasteiger partial charge on any atom is 0.103 e. The van der Waals surface area contributed by atoms with Gasteiger partial charge in [0.25, 0.3) is 0 Å². The predicted octanol–water partition coefficient (Wildman–Crippen LogP) is 5.26. The van der Waals surface area contributed by atoms with Crippen molar-refractivity contribution in [1.82, 2.24) is 5.32 Å². The molecular weight excluding hydrogens is 293 g/mol. The fourth-order valence-electron chi connectivity index (χ4n) is 2.21. The highest BCUT2D eigenvalue weighted by Crippen LogP contribution is 2.29. The van der Waals surface area contributed by atoms with Crippen molar-refractivity contribution in [3.05, 3.63) is 58.0 Å². The summed E-state index contributed by atoms with van der Waals surface area (Å²) in [5.74, 6) is 0.992. The second kappa shape index (κ2) is 7.72. The van der Waals surface area contributed by atoms with Gasteiger partial charge in [0.15, 0.2) is 0 Å². The third-order valence-electron chi connectivity index (χ3n) is 3.23. The van der Waals surface area contributed by atoms with Crippen molar-refractivity contribution < 1.29 is 4.42 Å². The number of hydrogen-bond donors (Lipinski definition) is 1. The minimum absolute atomic E-state index is 0.186. The minimum atomic E-state index is 0.186. The summed E-state index contributed by atoms with van der Waals surface area (Å²) in [6.07, 6.45) is 4.58. The smallest absolute Gasteiger partial charge is 0.103 e. The summed E-state index contributed by atoms with van der Waals surface area (Å²) in [5.41, 5.74) is 1.05. The van der Waals surface area contributed by atoms with Crippen molar-refractivity contribution in [2.75, 3.05) is 6.54 Å². The number of hydrogen-bond acceptors (Lipinski definition) is 2. The number of rotatable bonds is 7. The zero-order valence-electron chi connectivity index (χ0n) is 11.5. The standard InChI is InChI=1S/C16H19Cl2NO/c1-2-9-19-16(8-6-13-4-3-10-20-13)14-11-12(17)5-7-15(14)18/h3-5,7,10-11,16,19H,2,6,8-9H2,1H3. The molecule has 0 saturated heterocycles. The molecule has 2 aromatic rings. The van der Waals surface area contributed by atoms with Crippen LogP contribution in [0, 0.1) is 0 Å². The molecule has 0 radical (unpaired) electrons. The van der Waals surface area contributed by atoms with Crippen LogP contribution < -0.4 is 5.32 Å². The highest BCUT2D eigenvalue weighted by molar-refractivity contribution is 6.33. The van der Waals surface area contributed by atoms with Gasteiger partial charge < -0.3 is 9.73 Å². The second-order valence-electron chi connectivity index (χ2n) is 4.79. The molecule has 108 valence electrons. The molecule has 0 saturated carbocycles. The first-order valence-electron chi connectivity index (χ1n) is 6.91. The van der Waals surface area contributed by atoms with E-state index in [9.17, 15) is 0 Å². The lowest BCUT2D eigenvalue weighted by Crippen LogP contribution is -2.23. The molecule has 1 aromatic carbocycles. The normalized spacial score (nSPS) is 12.6. The average Bonchev–Trinajstić information content (AvgIpc) is 2.95. The third-order valence-corrected chi connectivity index (χ3v) is 3.81. The first-order valence-corrected chi connectivity index (χ1v) is 7.67. The third kappa shape index (κ3) is 4.27.